The highest BCUT2D eigenvalue weighted by atomic mass is 16.5. The highest BCUT2D eigenvalue weighted by Gasteiger charge is 2.36. The summed E-state index contributed by atoms with van der Waals surface area (Å²) in [6.45, 7) is 4.69. The number of hydrogen-bond donors (Lipinski definition) is 0. The molecule has 0 bridgehead atoms. The summed E-state index contributed by atoms with van der Waals surface area (Å²) >= 11 is 0. The minimum Gasteiger partial charge on any atom is -0.453 e. The molecule has 1 aromatic heterocycles. The molecule has 4 nitrogen and oxygen atoms in total. The lowest BCUT2D eigenvalue weighted by molar-refractivity contribution is 0.445. The van der Waals surface area contributed by atoms with Crippen LogP contribution in [-0.2, 0) is 5.41 Å². The second-order valence-corrected chi connectivity index (χ2v) is 15.3. The first-order valence-corrected chi connectivity index (χ1v) is 18.9. The van der Waals surface area contributed by atoms with Crippen LogP contribution in [0.5, 0.6) is 23.0 Å². The SMILES string of the molecule is CC1(C)c2ccccc2-c2ccc(N(c3ccc(-c4ccccc4)cc3)c3ccc(-c4ccc5c6cccc7c6n6c5c4Oc4cccc(c4-6)O7)cc3)cc21. The van der Waals surface area contributed by atoms with Crippen molar-refractivity contribution in [2.75, 3.05) is 4.90 Å². The van der Waals surface area contributed by atoms with E-state index in [-0.39, 0.29) is 5.41 Å². The van der Waals surface area contributed by atoms with E-state index in [4.69, 9.17) is 9.47 Å². The van der Waals surface area contributed by atoms with Crippen molar-refractivity contribution in [3.05, 3.63) is 181 Å². The fourth-order valence-corrected chi connectivity index (χ4v) is 9.35. The van der Waals surface area contributed by atoms with Gasteiger partial charge in [0.2, 0.25) is 0 Å². The van der Waals surface area contributed by atoms with E-state index in [2.05, 4.69) is 175 Å². The first-order chi connectivity index (χ1) is 27.0. The molecule has 55 heavy (non-hydrogen) atoms. The van der Waals surface area contributed by atoms with E-state index in [1.165, 1.54) is 33.4 Å². The zero-order chi connectivity index (χ0) is 36.4. The summed E-state index contributed by atoms with van der Waals surface area (Å²) in [5.41, 5.74) is 16.2. The summed E-state index contributed by atoms with van der Waals surface area (Å²) < 4.78 is 15.6. The van der Waals surface area contributed by atoms with Crippen LogP contribution in [0.1, 0.15) is 25.0 Å². The van der Waals surface area contributed by atoms with E-state index in [1.807, 2.05) is 18.2 Å². The highest BCUT2D eigenvalue weighted by molar-refractivity contribution is 6.16. The molecule has 4 heteroatoms. The van der Waals surface area contributed by atoms with Crippen LogP contribution in [-0.4, -0.2) is 4.57 Å². The predicted octanol–water partition coefficient (Wildman–Crippen LogP) is 14.1. The monoisotopic (exact) mass is 706 g/mol. The van der Waals surface area contributed by atoms with Crippen molar-refractivity contribution in [3.63, 3.8) is 0 Å². The molecule has 0 N–H and O–H groups in total. The number of para-hydroxylation sites is 2. The van der Waals surface area contributed by atoms with Gasteiger partial charge in [-0.2, -0.15) is 0 Å². The summed E-state index contributed by atoms with van der Waals surface area (Å²) in [6.07, 6.45) is 0. The molecule has 0 atom stereocenters. The van der Waals surface area contributed by atoms with Gasteiger partial charge in [0.15, 0.2) is 23.0 Å². The summed E-state index contributed by atoms with van der Waals surface area (Å²) in [5, 5.41) is 2.32. The lowest BCUT2D eigenvalue weighted by Crippen LogP contribution is -2.16. The van der Waals surface area contributed by atoms with Crippen molar-refractivity contribution >= 4 is 38.9 Å². The van der Waals surface area contributed by atoms with E-state index < -0.39 is 0 Å². The molecule has 1 aliphatic carbocycles. The van der Waals surface area contributed by atoms with Gasteiger partial charge in [-0.05, 0) is 99.6 Å². The molecular weight excluding hydrogens is 673 g/mol. The second-order valence-electron chi connectivity index (χ2n) is 15.3. The quantitative estimate of drug-likeness (QED) is 0.178. The molecule has 0 saturated heterocycles. The summed E-state index contributed by atoms with van der Waals surface area (Å²) in [5.74, 6) is 3.35. The third kappa shape index (κ3) is 4.22. The number of hydrogen-bond acceptors (Lipinski definition) is 3. The first-order valence-electron chi connectivity index (χ1n) is 18.9. The van der Waals surface area contributed by atoms with Crippen molar-refractivity contribution in [2.24, 2.45) is 0 Å². The summed E-state index contributed by atoms with van der Waals surface area (Å²) in [4.78, 5) is 2.38. The van der Waals surface area contributed by atoms with Crippen molar-refractivity contribution in [1.29, 1.82) is 0 Å². The molecule has 2 aliphatic heterocycles. The third-order valence-electron chi connectivity index (χ3n) is 12.0. The Hall–Kier alpha value is -7.04. The molecular formula is C51H34N2O2. The van der Waals surface area contributed by atoms with Crippen LogP contribution in [0.25, 0.3) is 60.9 Å². The molecule has 0 saturated carbocycles. The van der Waals surface area contributed by atoms with Crippen LogP contribution in [0.15, 0.2) is 170 Å². The maximum absolute atomic E-state index is 6.82. The van der Waals surface area contributed by atoms with Crippen molar-refractivity contribution < 1.29 is 9.47 Å². The average Bonchev–Trinajstić information content (AvgIpc) is 3.69. The molecule has 260 valence electrons. The van der Waals surface area contributed by atoms with Gasteiger partial charge in [-0.25, -0.2) is 0 Å². The van der Waals surface area contributed by atoms with Crippen LogP contribution in [0, 0.1) is 0 Å². The van der Waals surface area contributed by atoms with Gasteiger partial charge in [-0.3, -0.25) is 4.57 Å². The molecule has 3 heterocycles. The Morgan fingerprint density at radius 1 is 0.436 bits per heavy atom. The highest BCUT2D eigenvalue weighted by Crippen LogP contribution is 2.56. The summed E-state index contributed by atoms with van der Waals surface area (Å²) in [6, 6.07) is 61.0. The zero-order valence-electron chi connectivity index (χ0n) is 30.4. The fraction of sp³-hybridized carbons (Fsp3) is 0.0588. The normalized spacial score (nSPS) is 13.7. The van der Waals surface area contributed by atoms with Crippen LogP contribution >= 0.6 is 0 Å². The molecule has 0 fully saturated rings. The minimum atomic E-state index is -0.107. The first kappa shape index (κ1) is 30.4. The smallest absolute Gasteiger partial charge is 0.160 e. The Labute approximate surface area is 319 Å². The van der Waals surface area contributed by atoms with Crippen molar-refractivity contribution in [2.45, 2.75) is 19.3 Å². The second kappa shape index (κ2) is 11.0. The predicted molar refractivity (Wildman–Crippen MR) is 224 cm³/mol. The number of rotatable bonds is 5. The maximum atomic E-state index is 6.82. The average molecular weight is 707 g/mol. The standard InChI is InChI=1S/C51H34N2O2/c1-51(2)42-14-7-6-12-38(42)39-27-26-36(30-43(39)51)52(34-22-18-32(19-23-34)31-10-4-3-5-11-31)35-24-20-33(21-25-35)37-28-29-41-40-13-8-15-44-47(40)53-48(41)50(37)55-46-17-9-16-45(54-44)49(46)53/h3-30H,1-2H3. The molecule has 3 aliphatic rings. The van der Waals surface area contributed by atoms with Crippen molar-refractivity contribution in [1.82, 2.24) is 4.57 Å². The van der Waals surface area contributed by atoms with Crippen LogP contribution in [0.4, 0.5) is 17.1 Å². The van der Waals surface area contributed by atoms with E-state index >= 15 is 0 Å². The molecule has 0 radical (unpaired) electrons. The van der Waals surface area contributed by atoms with Gasteiger partial charge < -0.3 is 14.4 Å². The number of ether oxygens (including phenoxy) is 2. The van der Waals surface area contributed by atoms with E-state index in [1.54, 1.807) is 0 Å². The number of anilines is 3. The van der Waals surface area contributed by atoms with Crippen LogP contribution in [0.3, 0.4) is 0 Å². The van der Waals surface area contributed by atoms with Gasteiger partial charge >= 0.3 is 0 Å². The molecule has 0 unspecified atom stereocenters. The molecule has 0 spiro atoms. The third-order valence-corrected chi connectivity index (χ3v) is 12.0. The number of nitrogens with zero attached hydrogens (tertiary/aromatic N) is 2. The van der Waals surface area contributed by atoms with E-state index in [9.17, 15) is 0 Å². The Bertz CT molecular complexity index is 3050. The number of aromatic nitrogens is 1. The minimum absolute atomic E-state index is 0.107. The molecule has 9 aromatic rings. The zero-order valence-corrected chi connectivity index (χ0v) is 30.4. The largest absolute Gasteiger partial charge is 0.453 e. The Morgan fingerprint density at radius 2 is 1.04 bits per heavy atom. The van der Waals surface area contributed by atoms with Crippen LogP contribution < -0.4 is 14.4 Å². The van der Waals surface area contributed by atoms with Gasteiger partial charge in [0.25, 0.3) is 0 Å². The Balaban J connectivity index is 1.000. The summed E-state index contributed by atoms with van der Waals surface area (Å²) in [7, 11) is 0. The van der Waals surface area contributed by atoms with Crippen molar-refractivity contribution in [3.8, 4) is 62.1 Å². The maximum Gasteiger partial charge on any atom is 0.160 e. The van der Waals surface area contributed by atoms with Gasteiger partial charge in [0.1, 0.15) is 5.69 Å². The van der Waals surface area contributed by atoms with Crippen LogP contribution in [0.2, 0.25) is 0 Å². The topological polar surface area (TPSA) is 26.6 Å². The van der Waals surface area contributed by atoms with E-state index in [0.717, 1.165) is 78.7 Å². The van der Waals surface area contributed by atoms with Gasteiger partial charge in [0.05, 0.1) is 11.0 Å². The van der Waals surface area contributed by atoms with Gasteiger partial charge in [-0.1, -0.05) is 123 Å². The Morgan fingerprint density at radius 3 is 1.84 bits per heavy atom. The number of fused-ring (bicyclic) bond motifs is 4. The molecule has 8 aromatic carbocycles. The van der Waals surface area contributed by atoms with Gasteiger partial charge in [-0.15, -0.1) is 0 Å². The lowest BCUT2D eigenvalue weighted by Gasteiger charge is -2.29. The Kier molecular flexibility index (Phi) is 6.09. The molecule has 12 rings (SSSR count). The fourth-order valence-electron chi connectivity index (χ4n) is 9.35. The lowest BCUT2D eigenvalue weighted by atomic mass is 9.82. The van der Waals surface area contributed by atoms with E-state index in [0.29, 0.717) is 0 Å². The number of benzene rings is 8. The molecule has 0 amide bonds. The van der Waals surface area contributed by atoms with Gasteiger partial charge in [0, 0.05) is 38.8 Å².